The molecule has 2 nitrogen and oxygen atoms in total. The van der Waals surface area contributed by atoms with Crippen LogP contribution in [0.15, 0.2) is 109 Å². The average Bonchev–Trinajstić information content (AvgIpc) is 3.46. The third kappa shape index (κ3) is 9.02. The van der Waals surface area contributed by atoms with Crippen LogP contribution in [-0.2, 0) is 26.5 Å². The third-order valence-electron chi connectivity index (χ3n) is 9.07. The van der Waals surface area contributed by atoms with Crippen LogP contribution in [-0.4, -0.2) is 18.0 Å². The van der Waals surface area contributed by atoms with Crippen molar-refractivity contribution in [1.82, 2.24) is 9.97 Å². The molecule has 0 aliphatic rings. The molecule has 3 aromatic heterocycles. The Kier molecular flexibility index (Phi) is 12.0. The first-order valence-corrected chi connectivity index (χ1v) is 22.0. The molecule has 0 amide bonds. The Hall–Kier alpha value is -3.73. The fourth-order valence-electron chi connectivity index (χ4n) is 6.63. The summed E-state index contributed by atoms with van der Waals surface area (Å²) in [6.45, 7) is 20.7. The average molecular weight is 881 g/mol. The number of fused-ring (bicyclic) bond motifs is 3. The smallest absolute Gasteiger partial charge is 0.0798 e. The number of hydrogen-bond acceptors (Lipinski definition) is 3. The van der Waals surface area contributed by atoms with E-state index in [0.29, 0.717) is 5.92 Å². The van der Waals surface area contributed by atoms with Crippen molar-refractivity contribution in [2.45, 2.75) is 73.5 Å². The molecule has 0 unspecified atom stereocenters. The van der Waals surface area contributed by atoms with Gasteiger partial charge in [-0.3, -0.25) is 0 Å². The Morgan fingerprint density at radius 3 is 2.14 bits per heavy atom. The largest absolute Gasteiger partial charge is 0.305 e. The van der Waals surface area contributed by atoms with Crippen LogP contribution >= 0.6 is 11.3 Å². The van der Waals surface area contributed by atoms with Crippen LogP contribution in [0.3, 0.4) is 0 Å². The molecule has 51 heavy (non-hydrogen) atoms. The van der Waals surface area contributed by atoms with Crippen LogP contribution in [0, 0.1) is 24.5 Å². The number of pyridine rings is 2. The zero-order chi connectivity index (χ0) is 35.6. The quantitative estimate of drug-likeness (QED) is 0.123. The SMILES string of the molecule is CC(C)(C)Cc1cc(-c2[c-]cccc2)ncc1[Si](C)(C)C.Cc1cnc(-c2[c-]ccc3c2sc2cc(-c4ccccc4)ccc23)cc1C(C)C.[Ir]. The van der Waals surface area contributed by atoms with Gasteiger partial charge in [0.1, 0.15) is 0 Å². The zero-order valence-electron chi connectivity index (χ0n) is 31.3. The Bertz CT molecular complexity index is 2240. The Morgan fingerprint density at radius 2 is 1.47 bits per heavy atom. The molecule has 1 radical (unpaired) electrons. The maximum atomic E-state index is 4.75. The molecule has 7 aromatic rings. The van der Waals surface area contributed by atoms with E-state index in [2.05, 4.69) is 152 Å². The minimum Gasteiger partial charge on any atom is -0.305 e. The maximum Gasteiger partial charge on any atom is 0.0798 e. The van der Waals surface area contributed by atoms with E-state index in [1.54, 1.807) is 0 Å². The summed E-state index contributed by atoms with van der Waals surface area (Å²) >= 11 is 1.84. The standard InChI is InChI=1S/C27H22NS.C19H26NSi.Ir/c1-17(2)24-15-25(28-16-18(24)3)23-11-7-10-22-21-13-12-20(14-26(21)29-27(22)23)19-8-5-4-6-9-19;1-19(2,3)13-16-12-17(15-10-8-7-9-11-15)20-14-18(16)21(4,5)6;/h4-10,12-17H,1-3H3;7-10,12,14H,13H2,1-6H3;/q2*-1;. The molecular formula is C46H48IrN2SSi-2. The zero-order valence-corrected chi connectivity index (χ0v) is 35.5. The van der Waals surface area contributed by atoms with Crippen molar-refractivity contribution in [3.63, 3.8) is 0 Å². The molecule has 5 heteroatoms. The van der Waals surface area contributed by atoms with E-state index in [-0.39, 0.29) is 25.5 Å². The van der Waals surface area contributed by atoms with Crippen molar-refractivity contribution in [1.29, 1.82) is 0 Å². The fourth-order valence-corrected chi connectivity index (χ4v) is 9.45. The molecule has 4 aromatic carbocycles. The van der Waals surface area contributed by atoms with Gasteiger partial charge < -0.3 is 9.97 Å². The Morgan fingerprint density at radius 1 is 0.745 bits per heavy atom. The number of rotatable bonds is 6. The number of thiophene rings is 1. The summed E-state index contributed by atoms with van der Waals surface area (Å²) in [6.07, 6.45) is 5.20. The van der Waals surface area contributed by atoms with Crippen molar-refractivity contribution < 1.29 is 20.1 Å². The summed E-state index contributed by atoms with van der Waals surface area (Å²) in [7, 11) is -1.37. The van der Waals surface area contributed by atoms with E-state index >= 15 is 0 Å². The summed E-state index contributed by atoms with van der Waals surface area (Å²) in [5.41, 5.74) is 11.1. The predicted octanol–water partition coefficient (Wildman–Crippen LogP) is 12.7. The fraction of sp³-hybridized carbons (Fsp3) is 0.261. The summed E-state index contributed by atoms with van der Waals surface area (Å²) in [5.74, 6) is 0.479. The molecule has 0 bridgehead atoms. The molecule has 263 valence electrons. The van der Waals surface area contributed by atoms with Gasteiger partial charge in [-0.15, -0.1) is 59.7 Å². The van der Waals surface area contributed by atoms with Gasteiger partial charge in [0.2, 0.25) is 0 Å². The van der Waals surface area contributed by atoms with Crippen molar-refractivity contribution in [3.8, 4) is 33.6 Å². The minimum atomic E-state index is -1.37. The maximum absolute atomic E-state index is 4.75. The van der Waals surface area contributed by atoms with Gasteiger partial charge in [0.05, 0.1) is 8.07 Å². The predicted molar refractivity (Wildman–Crippen MR) is 220 cm³/mol. The van der Waals surface area contributed by atoms with Crippen molar-refractivity contribution >= 4 is 44.8 Å². The molecular weight excluding hydrogens is 833 g/mol. The molecule has 7 rings (SSSR count). The number of nitrogens with zero attached hydrogens (tertiary/aromatic N) is 2. The molecule has 0 aliphatic carbocycles. The number of aromatic nitrogens is 2. The van der Waals surface area contributed by atoms with Gasteiger partial charge in [-0.2, -0.15) is 11.3 Å². The molecule has 0 spiro atoms. The summed E-state index contributed by atoms with van der Waals surface area (Å²) in [6, 6.07) is 40.9. The van der Waals surface area contributed by atoms with Crippen LogP contribution < -0.4 is 5.19 Å². The first kappa shape index (κ1) is 38.5. The van der Waals surface area contributed by atoms with Gasteiger partial charge >= 0.3 is 0 Å². The van der Waals surface area contributed by atoms with E-state index in [4.69, 9.17) is 9.97 Å². The molecule has 0 fully saturated rings. The summed E-state index contributed by atoms with van der Waals surface area (Å²) < 4.78 is 2.57. The van der Waals surface area contributed by atoms with Gasteiger partial charge in [-0.05, 0) is 79.7 Å². The molecule has 0 N–H and O–H groups in total. The molecule has 0 saturated heterocycles. The topological polar surface area (TPSA) is 25.8 Å². The van der Waals surface area contributed by atoms with Gasteiger partial charge in [0.25, 0.3) is 0 Å². The number of aryl methyl sites for hydroxylation is 1. The molecule has 3 heterocycles. The Labute approximate surface area is 323 Å². The van der Waals surface area contributed by atoms with Gasteiger partial charge in [-0.25, -0.2) is 0 Å². The van der Waals surface area contributed by atoms with Crippen molar-refractivity contribution in [2.24, 2.45) is 5.41 Å². The van der Waals surface area contributed by atoms with Crippen LogP contribution in [0.5, 0.6) is 0 Å². The summed E-state index contributed by atoms with van der Waals surface area (Å²) in [4.78, 5) is 9.46. The minimum absolute atomic E-state index is 0. The second kappa shape index (κ2) is 15.9. The first-order valence-electron chi connectivity index (χ1n) is 17.6. The second-order valence-electron chi connectivity index (χ2n) is 15.8. The monoisotopic (exact) mass is 881 g/mol. The number of benzene rings is 4. The van der Waals surface area contributed by atoms with Crippen LogP contribution in [0.25, 0.3) is 53.8 Å². The van der Waals surface area contributed by atoms with E-state index < -0.39 is 8.07 Å². The van der Waals surface area contributed by atoms with Crippen LogP contribution in [0.4, 0.5) is 0 Å². The summed E-state index contributed by atoms with van der Waals surface area (Å²) in [5, 5.41) is 4.07. The van der Waals surface area contributed by atoms with Gasteiger partial charge in [0, 0.05) is 37.2 Å². The second-order valence-corrected chi connectivity index (χ2v) is 21.9. The van der Waals surface area contributed by atoms with Crippen LogP contribution in [0.1, 0.15) is 57.2 Å². The molecule has 0 aliphatic heterocycles. The van der Waals surface area contributed by atoms with E-state index in [9.17, 15) is 0 Å². The normalized spacial score (nSPS) is 11.7. The van der Waals surface area contributed by atoms with Gasteiger partial charge in [-0.1, -0.05) is 120 Å². The molecule has 0 saturated carbocycles. The number of hydrogen-bond donors (Lipinski definition) is 0. The first-order chi connectivity index (χ1) is 23.8. The van der Waals surface area contributed by atoms with E-state index in [1.807, 2.05) is 41.8 Å². The van der Waals surface area contributed by atoms with Crippen molar-refractivity contribution in [3.05, 3.63) is 138 Å². The Balaban J connectivity index is 0.000000205. The van der Waals surface area contributed by atoms with E-state index in [1.165, 1.54) is 53.2 Å². The van der Waals surface area contributed by atoms with Crippen LogP contribution in [0.2, 0.25) is 19.6 Å². The van der Waals surface area contributed by atoms with E-state index in [0.717, 1.165) is 28.9 Å². The van der Waals surface area contributed by atoms with Gasteiger partial charge in [0.15, 0.2) is 0 Å². The third-order valence-corrected chi connectivity index (χ3v) is 12.3. The van der Waals surface area contributed by atoms with Crippen molar-refractivity contribution in [2.75, 3.05) is 0 Å². The molecule has 0 atom stereocenters.